The molecule has 2 aromatic heterocycles. The van der Waals surface area contributed by atoms with Crippen LogP contribution in [0.25, 0.3) is 16.9 Å². The number of nitrogens with zero attached hydrogens (tertiary/aromatic N) is 3. The maximum atomic E-state index is 8.96. The molecule has 5 heteroatoms. The lowest BCUT2D eigenvalue weighted by Crippen LogP contribution is -2.20. The topological polar surface area (TPSA) is 59.7 Å². The van der Waals surface area contributed by atoms with Gasteiger partial charge in [-0.1, -0.05) is 30.7 Å². The van der Waals surface area contributed by atoms with Crippen LogP contribution in [-0.4, -0.2) is 32.4 Å². The Morgan fingerprint density at radius 3 is 2.62 bits per heavy atom. The van der Waals surface area contributed by atoms with Gasteiger partial charge in [-0.05, 0) is 50.2 Å². The van der Waals surface area contributed by atoms with Crippen LogP contribution in [0.1, 0.15) is 44.1 Å². The predicted octanol–water partition coefficient (Wildman–Crippen LogP) is 4.03. The fourth-order valence-electron chi connectivity index (χ4n) is 3.60. The lowest BCUT2D eigenvalue weighted by atomic mass is 9.98. The monoisotopic (exact) mass is 351 g/mol. The van der Waals surface area contributed by atoms with Gasteiger partial charge < -0.3 is 9.84 Å². The van der Waals surface area contributed by atoms with Crippen molar-refractivity contribution in [1.82, 2.24) is 14.6 Å². The first kappa shape index (κ1) is 17.0. The second-order valence-corrected chi connectivity index (χ2v) is 6.99. The van der Waals surface area contributed by atoms with Gasteiger partial charge in [-0.3, -0.25) is 0 Å². The average Bonchev–Trinajstić information content (AvgIpc) is 3.11. The Bertz CT molecular complexity index is 851. The van der Waals surface area contributed by atoms with Crippen LogP contribution in [0.3, 0.4) is 0 Å². The predicted molar refractivity (Wildman–Crippen MR) is 101 cm³/mol. The third-order valence-electron chi connectivity index (χ3n) is 5.05. The Balaban J connectivity index is 1.57. The summed E-state index contributed by atoms with van der Waals surface area (Å²) in [5.74, 6) is 0.670. The van der Waals surface area contributed by atoms with E-state index in [-0.39, 0.29) is 12.7 Å². The van der Waals surface area contributed by atoms with Crippen LogP contribution < -0.4 is 4.74 Å². The molecule has 0 atom stereocenters. The normalized spacial score (nSPS) is 15.4. The molecule has 26 heavy (non-hydrogen) atoms. The van der Waals surface area contributed by atoms with Gasteiger partial charge in [0.25, 0.3) is 0 Å². The standard InChI is InChI=1S/C21H25N3O2/c25-14-4-5-16-8-10-17(11-9-16)19-15-22-20-12-13-21(23-24(19)20)26-18-6-2-1-3-7-18/h8-13,15,18,25H,1-7,14H2. The van der Waals surface area contributed by atoms with E-state index in [2.05, 4.69) is 34.3 Å². The number of rotatable bonds is 6. The van der Waals surface area contributed by atoms with Gasteiger partial charge in [-0.15, -0.1) is 5.10 Å². The molecular weight excluding hydrogens is 326 g/mol. The van der Waals surface area contributed by atoms with Crippen LogP contribution in [0.15, 0.2) is 42.6 Å². The number of fused-ring (bicyclic) bond motifs is 1. The van der Waals surface area contributed by atoms with Gasteiger partial charge in [0.1, 0.15) is 6.10 Å². The molecule has 1 aromatic carbocycles. The van der Waals surface area contributed by atoms with Crippen molar-refractivity contribution >= 4 is 5.65 Å². The Hall–Kier alpha value is -2.40. The molecule has 3 aromatic rings. The molecular formula is C21H25N3O2. The minimum atomic E-state index is 0.225. The molecule has 1 aliphatic rings. The maximum Gasteiger partial charge on any atom is 0.232 e. The van der Waals surface area contributed by atoms with Crippen molar-refractivity contribution in [1.29, 1.82) is 0 Å². The Morgan fingerprint density at radius 1 is 1.04 bits per heavy atom. The lowest BCUT2D eigenvalue weighted by Gasteiger charge is -2.22. The zero-order valence-electron chi connectivity index (χ0n) is 15.0. The van der Waals surface area contributed by atoms with Crippen molar-refractivity contribution in [3.8, 4) is 17.1 Å². The first-order chi connectivity index (χ1) is 12.8. The number of hydrogen-bond donors (Lipinski definition) is 1. The largest absolute Gasteiger partial charge is 0.473 e. The minimum absolute atomic E-state index is 0.225. The molecule has 1 N–H and O–H groups in total. The van der Waals surface area contributed by atoms with E-state index in [1.54, 1.807) is 0 Å². The smallest absolute Gasteiger partial charge is 0.232 e. The number of aliphatic hydroxyl groups excluding tert-OH is 1. The van der Waals surface area contributed by atoms with Crippen molar-refractivity contribution in [2.45, 2.75) is 51.0 Å². The molecule has 0 saturated heterocycles. The third kappa shape index (κ3) is 3.73. The van der Waals surface area contributed by atoms with Gasteiger partial charge in [0, 0.05) is 18.2 Å². The molecule has 0 unspecified atom stereocenters. The average molecular weight is 351 g/mol. The summed E-state index contributed by atoms with van der Waals surface area (Å²) in [5.41, 5.74) is 4.08. The number of aromatic nitrogens is 3. The van der Waals surface area contributed by atoms with E-state index in [9.17, 15) is 0 Å². The second-order valence-electron chi connectivity index (χ2n) is 6.99. The highest BCUT2D eigenvalue weighted by atomic mass is 16.5. The van der Waals surface area contributed by atoms with Crippen LogP contribution in [-0.2, 0) is 6.42 Å². The lowest BCUT2D eigenvalue weighted by molar-refractivity contribution is 0.147. The number of ether oxygens (including phenoxy) is 1. The molecule has 0 radical (unpaired) electrons. The van der Waals surface area contributed by atoms with Crippen molar-refractivity contribution in [3.63, 3.8) is 0 Å². The van der Waals surface area contributed by atoms with Crippen LogP contribution >= 0.6 is 0 Å². The molecule has 2 heterocycles. The van der Waals surface area contributed by atoms with Crippen molar-refractivity contribution < 1.29 is 9.84 Å². The molecule has 4 rings (SSSR count). The SMILES string of the molecule is OCCCc1ccc(-c2cnc3ccc(OC4CCCCC4)nn23)cc1. The highest BCUT2D eigenvalue weighted by molar-refractivity contribution is 5.63. The quantitative estimate of drug-likeness (QED) is 0.728. The summed E-state index contributed by atoms with van der Waals surface area (Å²) >= 11 is 0. The van der Waals surface area contributed by atoms with Gasteiger partial charge >= 0.3 is 0 Å². The van der Waals surface area contributed by atoms with Gasteiger partial charge in [0.15, 0.2) is 5.65 Å². The van der Waals surface area contributed by atoms with Crippen LogP contribution in [0.2, 0.25) is 0 Å². The van der Waals surface area contributed by atoms with E-state index >= 15 is 0 Å². The number of aryl methyl sites for hydroxylation is 1. The van der Waals surface area contributed by atoms with Crippen LogP contribution in [0, 0.1) is 0 Å². The number of aliphatic hydroxyl groups is 1. The molecule has 5 nitrogen and oxygen atoms in total. The van der Waals surface area contributed by atoms with Crippen molar-refractivity contribution in [2.75, 3.05) is 6.61 Å². The molecule has 0 bridgehead atoms. The summed E-state index contributed by atoms with van der Waals surface area (Å²) in [4.78, 5) is 4.47. The van der Waals surface area contributed by atoms with Crippen molar-refractivity contribution in [2.24, 2.45) is 0 Å². The van der Waals surface area contributed by atoms with E-state index in [0.29, 0.717) is 5.88 Å². The highest BCUT2D eigenvalue weighted by Crippen LogP contribution is 2.25. The van der Waals surface area contributed by atoms with Crippen molar-refractivity contribution in [3.05, 3.63) is 48.2 Å². The zero-order valence-corrected chi connectivity index (χ0v) is 15.0. The molecule has 136 valence electrons. The third-order valence-corrected chi connectivity index (χ3v) is 5.05. The Labute approximate surface area is 153 Å². The first-order valence-electron chi connectivity index (χ1n) is 9.55. The summed E-state index contributed by atoms with van der Waals surface area (Å²) in [6, 6.07) is 12.3. The molecule has 1 aliphatic carbocycles. The summed E-state index contributed by atoms with van der Waals surface area (Å²) in [5, 5.41) is 13.6. The number of benzene rings is 1. The van der Waals surface area contributed by atoms with Gasteiger partial charge in [0.2, 0.25) is 5.88 Å². The Kier molecular flexibility index (Phi) is 5.16. The van der Waals surface area contributed by atoms with Gasteiger partial charge in [-0.25, -0.2) is 9.50 Å². The van der Waals surface area contributed by atoms with E-state index in [0.717, 1.165) is 42.6 Å². The summed E-state index contributed by atoms with van der Waals surface area (Å²) in [6.07, 6.45) is 9.85. The fraction of sp³-hybridized carbons (Fsp3) is 0.429. The highest BCUT2D eigenvalue weighted by Gasteiger charge is 2.16. The van der Waals surface area contributed by atoms with Crippen LogP contribution in [0.4, 0.5) is 0 Å². The second kappa shape index (κ2) is 7.87. The molecule has 0 spiro atoms. The number of imidazole rings is 1. The Morgan fingerprint density at radius 2 is 1.85 bits per heavy atom. The zero-order chi connectivity index (χ0) is 17.8. The molecule has 1 fully saturated rings. The molecule has 0 amide bonds. The van der Waals surface area contributed by atoms with E-state index in [1.807, 2.05) is 22.8 Å². The maximum absolute atomic E-state index is 8.96. The first-order valence-corrected chi connectivity index (χ1v) is 9.55. The molecule has 0 aliphatic heterocycles. The molecule has 1 saturated carbocycles. The fourth-order valence-corrected chi connectivity index (χ4v) is 3.60. The van der Waals surface area contributed by atoms with E-state index < -0.39 is 0 Å². The summed E-state index contributed by atoms with van der Waals surface area (Å²) in [7, 11) is 0. The number of hydrogen-bond acceptors (Lipinski definition) is 4. The summed E-state index contributed by atoms with van der Waals surface area (Å²) in [6.45, 7) is 0.225. The minimum Gasteiger partial charge on any atom is -0.473 e. The van der Waals surface area contributed by atoms with Gasteiger partial charge in [-0.2, -0.15) is 0 Å². The van der Waals surface area contributed by atoms with E-state index in [1.165, 1.54) is 24.8 Å². The van der Waals surface area contributed by atoms with Crippen LogP contribution in [0.5, 0.6) is 5.88 Å². The summed E-state index contributed by atoms with van der Waals surface area (Å²) < 4.78 is 7.97. The van der Waals surface area contributed by atoms with E-state index in [4.69, 9.17) is 9.84 Å². The van der Waals surface area contributed by atoms with Gasteiger partial charge in [0.05, 0.1) is 11.9 Å².